The van der Waals surface area contributed by atoms with E-state index in [0.717, 1.165) is 12.0 Å². The highest BCUT2D eigenvalue weighted by Crippen LogP contribution is 2.46. The Morgan fingerprint density at radius 2 is 2.31 bits per heavy atom. The maximum absolute atomic E-state index is 13.0. The summed E-state index contributed by atoms with van der Waals surface area (Å²) in [6, 6.07) is 5.01. The molecule has 3 heteroatoms. The normalized spacial score (nSPS) is 26.1. The van der Waals surface area contributed by atoms with E-state index in [1.165, 1.54) is 6.07 Å². The predicted octanol–water partition coefficient (Wildman–Crippen LogP) is 2.54. The molecule has 1 aromatic rings. The summed E-state index contributed by atoms with van der Waals surface area (Å²) in [5.41, 5.74) is 6.54. The van der Waals surface area contributed by atoms with Crippen molar-refractivity contribution in [1.82, 2.24) is 0 Å². The van der Waals surface area contributed by atoms with E-state index in [2.05, 4.69) is 0 Å². The molecule has 2 atom stereocenters. The minimum absolute atomic E-state index is 0.189. The van der Waals surface area contributed by atoms with Gasteiger partial charge in [-0.3, -0.25) is 0 Å². The Hall–Kier alpha value is -0.600. The van der Waals surface area contributed by atoms with E-state index in [4.69, 9.17) is 17.3 Å². The molecule has 2 unspecified atom stereocenters. The Balaban J connectivity index is 2.19. The molecule has 0 aromatic heterocycles. The molecular formula is C10H11ClFN. The van der Waals surface area contributed by atoms with Crippen LogP contribution in [-0.4, -0.2) is 6.54 Å². The maximum Gasteiger partial charge on any atom is 0.142 e. The molecule has 1 saturated carbocycles. The van der Waals surface area contributed by atoms with E-state index < -0.39 is 0 Å². The third-order valence-electron chi connectivity index (χ3n) is 2.60. The molecule has 0 bridgehead atoms. The first kappa shape index (κ1) is 8.97. The van der Waals surface area contributed by atoms with Crippen molar-refractivity contribution in [3.05, 3.63) is 34.6 Å². The van der Waals surface area contributed by atoms with Crippen LogP contribution >= 0.6 is 11.6 Å². The number of halogens is 2. The van der Waals surface area contributed by atoms with Gasteiger partial charge in [-0.05, 0) is 42.5 Å². The van der Waals surface area contributed by atoms with Gasteiger partial charge in [-0.25, -0.2) is 4.39 Å². The Morgan fingerprint density at radius 1 is 1.54 bits per heavy atom. The van der Waals surface area contributed by atoms with Crippen molar-refractivity contribution in [2.45, 2.75) is 12.3 Å². The van der Waals surface area contributed by atoms with Crippen LogP contribution in [0.1, 0.15) is 17.9 Å². The standard InChI is InChI=1S/C10H11ClFN/c11-9-2-1-6(4-10(9)12)8-3-7(8)5-13/h1-2,4,7-8H,3,5,13H2. The Bertz CT molecular complexity index is 327. The van der Waals surface area contributed by atoms with Crippen molar-refractivity contribution >= 4 is 11.6 Å². The topological polar surface area (TPSA) is 26.0 Å². The van der Waals surface area contributed by atoms with Crippen LogP contribution in [0.4, 0.5) is 4.39 Å². The van der Waals surface area contributed by atoms with Crippen LogP contribution in [0.3, 0.4) is 0 Å². The molecule has 0 heterocycles. The van der Waals surface area contributed by atoms with Crippen molar-refractivity contribution in [2.24, 2.45) is 11.7 Å². The van der Waals surface area contributed by atoms with Crippen LogP contribution in [0.5, 0.6) is 0 Å². The van der Waals surface area contributed by atoms with Crippen LogP contribution in [-0.2, 0) is 0 Å². The van der Waals surface area contributed by atoms with Crippen molar-refractivity contribution in [1.29, 1.82) is 0 Å². The van der Waals surface area contributed by atoms with Crippen molar-refractivity contribution in [3.63, 3.8) is 0 Å². The predicted molar refractivity (Wildman–Crippen MR) is 51.3 cm³/mol. The minimum atomic E-state index is -0.332. The van der Waals surface area contributed by atoms with Crippen molar-refractivity contribution in [3.8, 4) is 0 Å². The summed E-state index contributed by atoms with van der Waals surface area (Å²) in [6.07, 6.45) is 1.08. The first-order chi connectivity index (χ1) is 6.22. The summed E-state index contributed by atoms with van der Waals surface area (Å²) in [6.45, 7) is 0.689. The van der Waals surface area contributed by atoms with Gasteiger partial charge in [0.2, 0.25) is 0 Å². The summed E-state index contributed by atoms with van der Waals surface area (Å²) in [5.74, 6) is 0.666. The second-order valence-electron chi connectivity index (χ2n) is 3.51. The van der Waals surface area contributed by atoms with Gasteiger partial charge in [-0.1, -0.05) is 17.7 Å². The summed E-state index contributed by atoms with van der Waals surface area (Å²) >= 11 is 5.58. The SMILES string of the molecule is NCC1CC1c1ccc(Cl)c(F)c1. The lowest BCUT2D eigenvalue weighted by Gasteiger charge is -2.00. The monoisotopic (exact) mass is 199 g/mol. The smallest absolute Gasteiger partial charge is 0.142 e. The molecule has 1 nitrogen and oxygen atoms in total. The molecule has 0 aliphatic heterocycles. The van der Waals surface area contributed by atoms with Crippen LogP contribution in [0.2, 0.25) is 5.02 Å². The first-order valence-electron chi connectivity index (χ1n) is 4.37. The summed E-state index contributed by atoms with van der Waals surface area (Å²) < 4.78 is 13.0. The lowest BCUT2D eigenvalue weighted by molar-refractivity contribution is 0.625. The van der Waals surface area contributed by atoms with Gasteiger partial charge >= 0.3 is 0 Å². The fourth-order valence-electron chi connectivity index (χ4n) is 1.66. The highest BCUT2D eigenvalue weighted by molar-refractivity contribution is 6.30. The van der Waals surface area contributed by atoms with Crippen LogP contribution in [0, 0.1) is 11.7 Å². The van der Waals surface area contributed by atoms with Crippen LogP contribution in [0.15, 0.2) is 18.2 Å². The fraction of sp³-hybridized carbons (Fsp3) is 0.400. The molecular weight excluding hydrogens is 189 g/mol. The van der Waals surface area contributed by atoms with E-state index in [1.807, 2.05) is 6.07 Å². The lowest BCUT2D eigenvalue weighted by Crippen LogP contribution is -2.02. The van der Waals surface area contributed by atoms with Gasteiger partial charge in [0.05, 0.1) is 5.02 Å². The highest BCUT2D eigenvalue weighted by Gasteiger charge is 2.37. The number of hydrogen-bond acceptors (Lipinski definition) is 1. The summed E-state index contributed by atoms with van der Waals surface area (Å²) in [5, 5.41) is 0.189. The molecule has 1 aromatic carbocycles. The van der Waals surface area contributed by atoms with Crippen molar-refractivity contribution in [2.75, 3.05) is 6.54 Å². The highest BCUT2D eigenvalue weighted by atomic mass is 35.5. The minimum Gasteiger partial charge on any atom is -0.330 e. The average molecular weight is 200 g/mol. The van der Waals surface area contributed by atoms with E-state index in [0.29, 0.717) is 18.4 Å². The van der Waals surface area contributed by atoms with E-state index >= 15 is 0 Å². The lowest BCUT2D eigenvalue weighted by atomic mass is 10.1. The summed E-state index contributed by atoms with van der Waals surface area (Å²) in [4.78, 5) is 0. The van der Waals surface area contributed by atoms with Gasteiger partial charge in [-0.2, -0.15) is 0 Å². The van der Waals surface area contributed by atoms with Gasteiger partial charge in [0, 0.05) is 0 Å². The number of rotatable bonds is 2. The molecule has 1 aliphatic carbocycles. The van der Waals surface area contributed by atoms with Crippen LogP contribution < -0.4 is 5.73 Å². The zero-order chi connectivity index (χ0) is 9.42. The van der Waals surface area contributed by atoms with Gasteiger partial charge < -0.3 is 5.73 Å². The van der Waals surface area contributed by atoms with Crippen molar-refractivity contribution < 1.29 is 4.39 Å². The molecule has 2 N–H and O–H groups in total. The number of hydrogen-bond donors (Lipinski definition) is 1. The zero-order valence-electron chi connectivity index (χ0n) is 7.13. The molecule has 1 aliphatic rings. The Morgan fingerprint density at radius 3 is 2.85 bits per heavy atom. The zero-order valence-corrected chi connectivity index (χ0v) is 7.89. The molecule has 1 fully saturated rings. The van der Waals surface area contributed by atoms with Crippen LogP contribution in [0.25, 0.3) is 0 Å². The molecule has 2 rings (SSSR count). The number of benzene rings is 1. The van der Waals surface area contributed by atoms with E-state index in [1.54, 1.807) is 6.07 Å². The number of nitrogens with two attached hydrogens (primary N) is 1. The molecule has 70 valence electrons. The van der Waals surface area contributed by atoms with E-state index in [-0.39, 0.29) is 10.8 Å². The molecule has 0 amide bonds. The molecule has 0 radical (unpaired) electrons. The average Bonchev–Trinajstić information content (AvgIpc) is 2.88. The maximum atomic E-state index is 13.0. The molecule has 0 saturated heterocycles. The second-order valence-corrected chi connectivity index (χ2v) is 3.92. The van der Waals surface area contributed by atoms with Gasteiger partial charge in [0.15, 0.2) is 0 Å². The quantitative estimate of drug-likeness (QED) is 0.779. The fourth-order valence-corrected chi connectivity index (χ4v) is 1.78. The largest absolute Gasteiger partial charge is 0.330 e. The second kappa shape index (κ2) is 3.28. The Labute approximate surface area is 81.7 Å². The van der Waals surface area contributed by atoms with Gasteiger partial charge in [0.1, 0.15) is 5.82 Å². The Kier molecular flexibility index (Phi) is 2.26. The third-order valence-corrected chi connectivity index (χ3v) is 2.90. The summed E-state index contributed by atoms with van der Waals surface area (Å²) in [7, 11) is 0. The van der Waals surface area contributed by atoms with Gasteiger partial charge in [-0.15, -0.1) is 0 Å². The first-order valence-corrected chi connectivity index (χ1v) is 4.75. The molecule has 0 spiro atoms. The third kappa shape index (κ3) is 1.69. The van der Waals surface area contributed by atoms with Gasteiger partial charge in [0.25, 0.3) is 0 Å². The van der Waals surface area contributed by atoms with E-state index in [9.17, 15) is 4.39 Å². The molecule has 13 heavy (non-hydrogen) atoms.